The number of imide groups is 1. The molecule has 0 aromatic heterocycles. The molecule has 0 bridgehead atoms. The SMILES string of the molecule is O=C1NC(=O)N(CC(=O)c2ccccc2)/C1=C/c1ccc(OCC(=O)c2ccccc2)cc1. The summed E-state index contributed by atoms with van der Waals surface area (Å²) in [7, 11) is 0. The largest absolute Gasteiger partial charge is 0.485 e. The van der Waals surface area contributed by atoms with Gasteiger partial charge in [0.25, 0.3) is 5.91 Å². The van der Waals surface area contributed by atoms with E-state index >= 15 is 0 Å². The van der Waals surface area contributed by atoms with Gasteiger partial charge < -0.3 is 4.74 Å². The molecule has 3 aromatic carbocycles. The predicted molar refractivity (Wildman–Crippen MR) is 122 cm³/mol. The van der Waals surface area contributed by atoms with Crippen molar-refractivity contribution >= 4 is 29.6 Å². The second kappa shape index (κ2) is 9.74. The fourth-order valence-corrected chi connectivity index (χ4v) is 3.29. The van der Waals surface area contributed by atoms with E-state index in [4.69, 9.17) is 4.74 Å². The summed E-state index contributed by atoms with van der Waals surface area (Å²) in [4.78, 5) is 50.3. The number of nitrogens with zero attached hydrogens (tertiary/aromatic N) is 1. The van der Waals surface area contributed by atoms with Crippen LogP contribution < -0.4 is 10.1 Å². The van der Waals surface area contributed by atoms with Gasteiger partial charge in [0, 0.05) is 11.1 Å². The van der Waals surface area contributed by atoms with Crippen LogP contribution in [-0.2, 0) is 4.79 Å². The molecule has 0 aliphatic carbocycles. The van der Waals surface area contributed by atoms with Crippen LogP contribution in [0.4, 0.5) is 4.79 Å². The Labute approximate surface area is 190 Å². The maximum absolute atomic E-state index is 12.5. The highest BCUT2D eigenvalue weighted by atomic mass is 16.5. The summed E-state index contributed by atoms with van der Waals surface area (Å²) in [6, 6.07) is 23.5. The molecule has 0 spiro atoms. The van der Waals surface area contributed by atoms with Gasteiger partial charge in [0.15, 0.2) is 18.2 Å². The summed E-state index contributed by atoms with van der Waals surface area (Å²) in [5.74, 6) is -0.501. The van der Waals surface area contributed by atoms with Crippen LogP contribution in [0, 0.1) is 0 Å². The van der Waals surface area contributed by atoms with Gasteiger partial charge in [-0.15, -0.1) is 0 Å². The highest BCUT2D eigenvalue weighted by Gasteiger charge is 2.34. The number of benzene rings is 3. The molecule has 0 unspecified atom stereocenters. The first kappa shape index (κ1) is 21.7. The van der Waals surface area contributed by atoms with Crippen molar-refractivity contribution in [3.05, 3.63) is 107 Å². The number of hydrogen-bond donors (Lipinski definition) is 1. The van der Waals surface area contributed by atoms with E-state index in [2.05, 4.69) is 5.32 Å². The van der Waals surface area contributed by atoms with E-state index in [0.717, 1.165) is 4.90 Å². The first-order valence-electron chi connectivity index (χ1n) is 10.2. The van der Waals surface area contributed by atoms with Crippen molar-refractivity contribution in [2.75, 3.05) is 13.2 Å². The number of carbonyl (C=O) groups is 4. The van der Waals surface area contributed by atoms with Crippen molar-refractivity contribution in [2.24, 2.45) is 0 Å². The first-order valence-corrected chi connectivity index (χ1v) is 10.2. The van der Waals surface area contributed by atoms with E-state index in [1.165, 1.54) is 6.08 Å². The molecule has 1 saturated heterocycles. The van der Waals surface area contributed by atoms with Gasteiger partial charge in [-0.3, -0.25) is 24.6 Å². The Morgan fingerprint density at radius 2 is 1.36 bits per heavy atom. The van der Waals surface area contributed by atoms with Gasteiger partial charge in [0.2, 0.25) is 0 Å². The van der Waals surface area contributed by atoms with Crippen molar-refractivity contribution in [3.63, 3.8) is 0 Å². The standard InChI is InChI=1S/C26H20N2O5/c29-23(19-7-3-1-4-8-19)16-28-22(25(31)27-26(28)32)15-18-11-13-21(14-12-18)33-17-24(30)20-9-5-2-6-10-20/h1-15H,16-17H2,(H,27,31,32)/b22-15+. The summed E-state index contributed by atoms with van der Waals surface area (Å²) < 4.78 is 5.55. The van der Waals surface area contributed by atoms with Crippen LogP contribution >= 0.6 is 0 Å². The van der Waals surface area contributed by atoms with Gasteiger partial charge in [0.1, 0.15) is 11.4 Å². The number of nitrogens with one attached hydrogen (secondary N) is 1. The van der Waals surface area contributed by atoms with Crippen molar-refractivity contribution in [3.8, 4) is 5.75 Å². The Hall–Kier alpha value is -4.52. The third kappa shape index (κ3) is 5.22. The molecular weight excluding hydrogens is 420 g/mol. The van der Waals surface area contributed by atoms with Crippen molar-refractivity contribution < 1.29 is 23.9 Å². The second-order valence-electron chi connectivity index (χ2n) is 7.31. The van der Waals surface area contributed by atoms with Gasteiger partial charge >= 0.3 is 6.03 Å². The molecule has 1 aliphatic rings. The predicted octanol–water partition coefficient (Wildman–Crippen LogP) is 3.72. The molecule has 164 valence electrons. The van der Waals surface area contributed by atoms with Crippen molar-refractivity contribution in [1.29, 1.82) is 0 Å². The monoisotopic (exact) mass is 440 g/mol. The third-order valence-corrected chi connectivity index (χ3v) is 5.04. The Morgan fingerprint density at radius 3 is 1.97 bits per heavy atom. The zero-order valence-electron chi connectivity index (χ0n) is 17.6. The normalized spacial score (nSPS) is 14.3. The third-order valence-electron chi connectivity index (χ3n) is 5.04. The van der Waals surface area contributed by atoms with Crippen molar-refractivity contribution in [2.45, 2.75) is 0 Å². The quantitative estimate of drug-likeness (QED) is 0.327. The van der Waals surface area contributed by atoms with E-state index in [0.29, 0.717) is 22.4 Å². The van der Waals surface area contributed by atoms with Gasteiger partial charge in [-0.1, -0.05) is 72.8 Å². The molecule has 1 aliphatic heterocycles. The molecule has 0 saturated carbocycles. The van der Waals surface area contributed by atoms with Gasteiger partial charge in [-0.2, -0.15) is 0 Å². The Kier molecular flexibility index (Phi) is 6.40. The highest BCUT2D eigenvalue weighted by molar-refractivity contribution is 6.15. The van der Waals surface area contributed by atoms with Crippen LogP contribution in [0.25, 0.3) is 6.08 Å². The molecule has 4 rings (SSSR count). The maximum Gasteiger partial charge on any atom is 0.329 e. The molecule has 0 atom stereocenters. The fraction of sp³-hybridized carbons (Fsp3) is 0.0769. The van der Waals surface area contributed by atoms with Crippen molar-refractivity contribution in [1.82, 2.24) is 10.2 Å². The van der Waals surface area contributed by atoms with Gasteiger partial charge in [-0.05, 0) is 23.8 Å². The fourth-order valence-electron chi connectivity index (χ4n) is 3.29. The molecular formula is C26H20N2O5. The smallest absolute Gasteiger partial charge is 0.329 e. The number of carbonyl (C=O) groups excluding carboxylic acids is 4. The Morgan fingerprint density at radius 1 is 0.788 bits per heavy atom. The molecule has 1 heterocycles. The molecule has 1 fully saturated rings. The molecule has 1 N–H and O–H groups in total. The average Bonchev–Trinajstić information content (AvgIpc) is 3.11. The average molecular weight is 440 g/mol. The van der Waals surface area contributed by atoms with Crippen LogP contribution in [0.3, 0.4) is 0 Å². The summed E-state index contributed by atoms with van der Waals surface area (Å²) in [6.45, 7) is -0.354. The number of Topliss-reactive ketones (excluding diaryl/α,β-unsaturated/α-hetero) is 2. The molecule has 33 heavy (non-hydrogen) atoms. The Bertz CT molecular complexity index is 1220. The summed E-state index contributed by atoms with van der Waals surface area (Å²) in [6.07, 6.45) is 1.53. The summed E-state index contributed by atoms with van der Waals surface area (Å²) in [5, 5.41) is 2.22. The Balaban J connectivity index is 1.44. The molecule has 7 nitrogen and oxygen atoms in total. The number of amides is 3. The van der Waals surface area contributed by atoms with Crippen LogP contribution in [-0.4, -0.2) is 41.6 Å². The van der Waals surface area contributed by atoms with E-state index < -0.39 is 11.9 Å². The minimum absolute atomic E-state index is 0.0807. The van der Waals surface area contributed by atoms with E-state index in [-0.39, 0.29) is 30.4 Å². The van der Waals surface area contributed by atoms with Gasteiger partial charge in [-0.25, -0.2) is 4.79 Å². The van der Waals surface area contributed by atoms with E-state index in [9.17, 15) is 19.2 Å². The maximum atomic E-state index is 12.5. The zero-order valence-corrected chi connectivity index (χ0v) is 17.6. The topological polar surface area (TPSA) is 92.8 Å². The van der Waals surface area contributed by atoms with Crippen LogP contribution in [0.2, 0.25) is 0 Å². The molecule has 0 radical (unpaired) electrons. The summed E-state index contributed by atoms with van der Waals surface area (Å²) >= 11 is 0. The van der Waals surface area contributed by atoms with E-state index in [1.807, 2.05) is 6.07 Å². The van der Waals surface area contributed by atoms with Crippen LogP contribution in [0.5, 0.6) is 5.75 Å². The first-order chi connectivity index (χ1) is 16.0. The molecule has 7 heteroatoms. The summed E-state index contributed by atoms with van der Waals surface area (Å²) in [5.41, 5.74) is 1.74. The lowest BCUT2D eigenvalue weighted by molar-refractivity contribution is -0.115. The minimum Gasteiger partial charge on any atom is -0.485 e. The number of hydrogen-bond acceptors (Lipinski definition) is 5. The molecule has 3 amide bonds. The van der Waals surface area contributed by atoms with E-state index in [1.54, 1.807) is 78.9 Å². The lowest BCUT2D eigenvalue weighted by Gasteiger charge is -2.14. The number of urea groups is 1. The number of ketones is 2. The second-order valence-corrected chi connectivity index (χ2v) is 7.31. The number of ether oxygens (including phenoxy) is 1. The van der Waals surface area contributed by atoms with Crippen LogP contribution in [0.15, 0.2) is 90.6 Å². The lowest BCUT2D eigenvalue weighted by Crippen LogP contribution is -2.32. The molecule has 3 aromatic rings. The zero-order chi connectivity index (χ0) is 23.2. The van der Waals surface area contributed by atoms with Crippen LogP contribution in [0.1, 0.15) is 26.3 Å². The highest BCUT2D eigenvalue weighted by Crippen LogP contribution is 2.20. The van der Waals surface area contributed by atoms with Gasteiger partial charge in [0.05, 0.1) is 6.54 Å². The lowest BCUT2D eigenvalue weighted by atomic mass is 10.1. The minimum atomic E-state index is -0.644. The number of rotatable bonds is 8.